The molecule has 26 heavy (non-hydrogen) atoms. The molecular formula is C16H12Cl4O6. The summed E-state index contributed by atoms with van der Waals surface area (Å²) < 4.78 is 9.72. The normalized spacial score (nSPS) is 9.69. The molecule has 0 unspecified atom stereocenters. The molecule has 0 aliphatic heterocycles. The molecular weight excluding hydrogens is 430 g/mol. The van der Waals surface area contributed by atoms with Crippen LogP contribution in [-0.2, 0) is 9.59 Å². The highest BCUT2D eigenvalue weighted by molar-refractivity contribution is 6.42. The van der Waals surface area contributed by atoms with Gasteiger partial charge in [-0.1, -0.05) is 46.4 Å². The summed E-state index contributed by atoms with van der Waals surface area (Å²) in [6, 6.07) is 9.12. The highest BCUT2D eigenvalue weighted by Crippen LogP contribution is 2.27. The molecule has 0 atom stereocenters. The Bertz CT molecular complexity index is 716. The summed E-state index contributed by atoms with van der Waals surface area (Å²) in [5.41, 5.74) is 0. The van der Waals surface area contributed by atoms with Gasteiger partial charge in [-0.2, -0.15) is 0 Å². The molecule has 0 aliphatic rings. The second-order valence-corrected chi connectivity index (χ2v) is 6.15. The molecule has 0 heterocycles. The predicted octanol–water partition coefficient (Wildman–Crippen LogP) is 4.91. The molecule has 0 bridgehead atoms. The number of hydrogen-bond acceptors (Lipinski definition) is 4. The van der Waals surface area contributed by atoms with E-state index in [2.05, 4.69) is 0 Å². The number of halogens is 4. The molecule has 2 rings (SSSR count). The third-order valence-corrected chi connectivity index (χ3v) is 3.98. The van der Waals surface area contributed by atoms with Crippen LogP contribution in [0.3, 0.4) is 0 Å². The van der Waals surface area contributed by atoms with E-state index in [0.717, 1.165) is 0 Å². The van der Waals surface area contributed by atoms with E-state index < -0.39 is 25.2 Å². The zero-order valence-corrected chi connectivity index (χ0v) is 15.9. The van der Waals surface area contributed by atoms with Crippen LogP contribution in [0.1, 0.15) is 0 Å². The molecule has 140 valence electrons. The maximum atomic E-state index is 10.1. The van der Waals surface area contributed by atoms with Gasteiger partial charge < -0.3 is 19.7 Å². The molecule has 10 heteroatoms. The van der Waals surface area contributed by atoms with Gasteiger partial charge in [0.05, 0.1) is 20.1 Å². The van der Waals surface area contributed by atoms with Crippen molar-refractivity contribution in [3.63, 3.8) is 0 Å². The lowest BCUT2D eigenvalue weighted by molar-refractivity contribution is -0.140. The van der Waals surface area contributed by atoms with Gasteiger partial charge in [0.25, 0.3) is 0 Å². The fourth-order valence-corrected chi connectivity index (χ4v) is 2.00. The molecule has 0 saturated heterocycles. The molecule has 2 aromatic carbocycles. The van der Waals surface area contributed by atoms with Crippen molar-refractivity contribution in [2.75, 3.05) is 13.2 Å². The van der Waals surface area contributed by atoms with Crippen molar-refractivity contribution in [2.24, 2.45) is 0 Å². The van der Waals surface area contributed by atoms with E-state index in [-0.39, 0.29) is 0 Å². The Morgan fingerprint density at radius 1 is 0.692 bits per heavy atom. The first-order valence-electron chi connectivity index (χ1n) is 6.78. The number of carboxylic acid groups (broad SMARTS) is 2. The van der Waals surface area contributed by atoms with Crippen LogP contribution in [-0.4, -0.2) is 35.4 Å². The van der Waals surface area contributed by atoms with Gasteiger partial charge in [0.15, 0.2) is 13.2 Å². The molecule has 0 aliphatic carbocycles. The second-order valence-electron chi connectivity index (χ2n) is 4.52. The van der Waals surface area contributed by atoms with E-state index in [0.29, 0.717) is 31.6 Å². The maximum Gasteiger partial charge on any atom is 0.341 e. The summed E-state index contributed by atoms with van der Waals surface area (Å²) in [7, 11) is 0. The standard InChI is InChI=1S/2C8H6Cl2O3/c2*9-6-2-1-5(3-7(6)10)13-4-8(11)12/h2*1-3H,4H2,(H,11,12). The number of hydrogen-bond donors (Lipinski definition) is 2. The zero-order valence-electron chi connectivity index (χ0n) is 12.9. The molecule has 0 saturated carbocycles. The lowest BCUT2D eigenvalue weighted by Crippen LogP contribution is -2.09. The molecule has 0 radical (unpaired) electrons. The topological polar surface area (TPSA) is 93.1 Å². The third kappa shape index (κ3) is 8.49. The fourth-order valence-electron chi connectivity index (χ4n) is 1.42. The van der Waals surface area contributed by atoms with Gasteiger partial charge in [0, 0.05) is 12.1 Å². The van der Waals surface area contributed by atoms with Crippen molar-refractivity contribution in [3.8, 4) is 11.5 Å². The lowest BCUT2D eigenvalue weighted by Gasteiger charge is -2.03. The van der Waals surface area contributed by atoms with Crippen LogP contribution in [0.4, 0.5) is 0 Å². The molecule has 2 N–H and O–H groups in total. The van der Waals surface area contributed by atoms with Crippen LogP contribution in [0.15, 0.2) is 36.4 Å². The van der Waals surface area contributed by atoms with E-state index in [1.54, 1.807) is 24.3 Å². The minimum Gasteiger partial charge on any atom is -0.482 e. The van der Waals surface area contributed by atoms with Crippen molar-refractivity contribution >= 4 is 58.3 Å². The Morgan fingerprint density at radius 2 is 1.04 bits per heavy atom. The number of rotatable bonds is 6. The van der Waals surface area contributed by atoms with E-state index in [1.807, 2.05) is 0 Å². The van der Waals surface area contributed by atoms with Crippen molar-refractivity contribution in [1.29, 1.82) is 0 Å². The first kappa shape index (κ1) is 22.2. The number of carboxylic acids is 2. The minimum absolute atomic E-state index is 0.338. The van der Waals surface area contributed by atoms with Crippen molar-refractivity contribution in [1.82, 2.24) is 0 Å². The van der Waals surface area contributed by atoms with Gasteiger partial charge in [0.2, 0.25) is 0 Å². The van der Waals surface area contributed by atoms with Crippen LogP contribution in [0.25, 0.3) is 0 Å². The largest absolute Gasteiger partial charge is 0.482 e. The predicted molar refractivity (Wildman–Crippen MR) is 99.2 cm³/mol. The van der Waals surface area contributed by atoms with E-state index in [1.165, 1.54) is 12.1 Å². The summed E-state index contributed by atoms with van der Waals surface area (Å²) in [5, 5.41) is 18.1. The van der Waals surface area contributed by atoms with Crippen molar-refractivity contribution < 1.29 is 29.3 Å². The quantitative estimate of drug-likeness (QED) is 0.661. The van der Waals surface area contributed by atoms with Gasteiger partial charge in [-0.3, -0.25) is 0 Å². The molecule has 0 amide bonds. The van der Waals surface area contributed by atoms with E-state index >= 15 is 0 Å². The molecule has 6 nitrogen and oxygen atoms in total. The van der Waals surface area contributed by atoms with Crippen molar-refractivity contribution in [3.05, 3.63) is 56.5 Å². The monoisotopic (exact) mass is 440 g/mol. The number of ether oxygens (including phenoxy) is 2. The van der Waals surface area contributed by atoms with Crippen LogP contribution >= 0.6 is 46.4 Å². The van der Waals surface area contributed by atoms with Crippen LogP contribution in [0.5, 0.6) is 11.5 Å². The van der Waals surface area contributed by atoms with Crippen LogP contribution in [0.2, 0.25) is 20.1 Å². The molecule has 2 aromatic rings. The van der Waals surface area contributed by atoms with Crippen molar-refractivity contribution in [2.45, 2.75) is 0 Å². The minimum atomic E-state index is -1.04. The highest BCUT2D eigenvalue weighted by atomic mass is 35.5. The highest BCUT2D eigenvalue weighted by Gasteiger charge is 2.03. The zero-order chi connectivity index (χ0) is 19.7. The Kier molecular flexibility index (Phi) is 9.37. The fraction of sp³-hybridized carbons (Fsp3) is 0.125. The van der Waals surface area contributed by atoms with Gasteiger partial charge in [-0.05, 0) is 24.3 Å². The Labute approximate surface area is 168 Å². The second kappa shape index (κ2) is 11.0. The molecule has 0 aromatic heterocycles. The van der Waals surface area contributed by atoms with E-state index in [9.17, 15) is 9.59 Å². The number of benzene rings is 2. The third-order valence-electron chi connectivity index (χ3n) is 2.51. The summed E-state index contributed by atoms with van der Waals surface area (Å²) >= 11 is 22.6. The lowest BCUT2D eigenvalue weighted by atomic mass is 10.3. The Balaban J connectivity index is 0.000000260. The summed E-state index contributed by atoms with van der Waals surface area (Å²) in [6.45, 7) is -0.782. The average Bonchev–Trinajstić information content (AvgIpc) is 2.57. The first-order chi connectivity index (χ1) is 12.2. The number of aliphatic carboxylic acids is 2. The first-order valence-corrected chi connectivity index (χ1v) is 8.29. The van der Waals surface area contributed by atoms with Crippen LogP contribution < -0.4 is 9.47 Å². The maximum absolute atomic E-state index is 10.1. The summed E-state index contributed by atoms with van der Waals surface area (Å²) in [5.74, 6) is -1.30. The smallest absolute Gasteiger partial charge is 0.341 e. The van der Waals surface area contributed by atoms with E-state index in [4.69, 9.17) is 66.1 Å². The Hall–Kier alpha value is -1.86. The van der Waals surface area contributed by atoms with Gasteiger partial charge >= 0.3 is 11.9 Å². The average molecular weight is 442 g/mol. The number of carbonyl (C=O) groups is 2. The SMILES string of the molecule is O=C(O)COc1ccc(Cl)c(Cl)c1.O=C(O)COc1ccc(Cl)c(Cl)c1. The van der Waals surface area contributed by atoms with Gasteiger partial charge in [-0.15, -0.1) is 0 Å². The van der Waals surface area contributed by atoms with Gasteiger partial charge in [0.1, 0.15) is 11.5 Å². The molecule has 0 spiro atoms. The summed E-state index contributed by atoms with van der Waals surface area (Å²) in [6.07, 6.45) is 0. The van der Waals surface area contributed by atoms with Gasteiger partial charge in [-0.25, -0.2) is 9.59 Å². The summed E-state index contributed by atoms with van der Waals surface area (Å²) in [4.78, 5) is 20.3. The van der Waals surface area contributed by atoms with Crippen LogP contribution in [0, 0.1) is 0 Å². The Morgan fingerprint density at radius 3 is 1.31 bits per heavy atom. The molecule has 0 fully saturated rings.